The van der Waals surface area contributed by atoms with E-state index >= 15 is 0 Å². The average Bonchev–Trinajstić information content (AvgIpc) is 2.48. The first kappa shape index (κ1) is 13.6. The van der Waals surface area contributed by atoms with Gasteiger partial charge in [0.2, 0.25) is 0 Å². The van der Waals surface area contributed by atoms with Gasteiger partial charge in [-0.15, -0.1) is 0 Å². The summed E-state index contributed by atoms with van der Waals surface area (Å²) in [5.74, 6) is 0.787. The van der Waals surface area contributed by atoms with Crippen LogP contribution in [0.15, 0.2) is 30.7 Å². The maximum atomic E-state index is 4.62. The molecule has 0 unspecified atom stereocenters. The molecule has 1 N–H and O–H groups in total. The van der Waals surface area contributed by atoms with Gasteiger partial charge in [-0.3, -0.25) is 4.98 Å². The lowest BCUT2D eigenvalue weighted by atomic mass is 10.1. The minimum atomic E-state index is 0.787. The summed E-state index contributed by atoms with van der Waals surface area (Å²) in [4.78, 5) is 13.2. The van der Waals surface area contributed by atoms with Crippen molar-refractivity contribution in [3.05, 3.63) is 42.0 Å². The van der Waals surface area contributed by atoms with Crippen LogP contribution in [0.4, 0.5) is 0 Å². The molecule has 0 aliphatic rings. The molecule has 0 amide bonds. The van der Waals surface area contributed by atoms with Gasteiger partial charge in [-0.25, -0.2) is 9.97 Å². The number of pyridine rings is 1. The number of rotatable bonds is 6. The Kier molecular flexibility index (Phi) is 4.98. The van der Waals surface area contributed by atoms with Crippen molar-refractivity contribution < 1.29 is 0 Å². The van der Waals surface area contributed by atoms with Gasteiger partial charge in [0.25, 0.3) is 0 Å². The molecular formula is C15H20N4. The molecule has 2 rings (SSSR count). The summed E-state index contributed by atoms with van der Waals surface area (Å²) in [6.45, 7) is 6.07. The highest BCUT2D eigenvalue weighted by Gasteiger charge is 2.07. The Balaban J connectivity index is 2.22. The third-order valence-corrected chi connectivity index (χ3v) is 2.97. The summed E-state index contributed by atoms with van der Waals surface area (Å²) < 4.78 is 0. The topological polar surface area (TPSA) is 50.7 Å². The van der Waals surface area contributed by atoms with Gasteiger partial charge >= 0.3 is 0 Å². The predicted molar refractivity (Wildman–Crippen MR) is 76.6 cm³/mol. The Hall–Kier alpha value is -1.81. The fourth-order valence-electron chi connectivity index (χ4n) is 1.94. The van der Waals surface area contributed by atoms with Crippen LogP contribution in [0.5, 0.6) is 0 Å². The molecule has 0 atom stereocenters. The van der Waals surface area contributed by atoms with Gasteiger partial charge in [0.1, 0.15) is 0 Å². The van der Waals surface area contributed by atoms with Crippen LogP contribution in [0.25, 0.3) is 11.4 Å². The lowest BCUT2D eigenvalue weighted by Gasteiger charge is -2.07. The molecule has 19 heavy (non-hydrogen) atoms. The Morgan fingerprint density at radius 1 is 1.16 bits per heavy atom. The fraction of sp³-hybridized carbons (Fsp3) is 0.400. The maximum absolute atomic E-state index is 4.62. The zero-order valence-electron chi connectivity index (χ0n) is 11.6. The molecule has 2 aromatic rings. The molecule has 0 aliphatic carbocycles. The monoisotopic (exact) mass is 256 g/mol. The molecule has 0 aliphatic heterocycles. The van der Waals surface area contributed by atoms with Crippen LogP contribution in [0.1, 0.15) is 31.5 Å². The standard InChI is InChI=1S/C15H20N4/c1-3-7-16-11-13-5-9-18-15(19-13)14-6-8-17-10-12(14)4-2/h5-6,8-10,16H,3-4,7,11H2,1-2H3. The maximum Gasteiger partial charge on any atom is 0.159 e. The Morgan fingerprint density at radius 3 is 2.84 bits per heavy atom. The van der Waals surface area contributed by atoms with Crippen molar-refractivity contribution in [3.8, 4) is 11.4 Å². The molecular weight excluding hydrogens is 236 g/mol. The molecule has 0 spiro atoms. The highest BCUT2D eigenvalue weighted by atomic mass is 14.9. The first-order chi connectivity index (χ1) is 9.35. The van der Waals surface area contributed by atoms with E-state index in [0.29, 0.717) is 0 Å². The van der Waals surface area contributed by atoms with Gasteiger partial charge in [0.05, 0.1) is 5.69 Å². The highest BCUT2D eigenvalue weighted by Crippen LogP contribution is 2.19. The lowest BCUT2D eigenvalue weighted by Crippen LogP contribution is -2.15. The molecule has 0 saturated carbocycles. The zero-order chi connectivity index (χ0) is 13.5. The van der Waals surface area contributed by atoms with E-state index in [-0.39, 0.29) is 0 Å². The van der Waals surface area contributed by atoms with Crippen LogP contribution in [0.3, 0.4) is 0 Å². The van der Waals surface area contributed by atoms with Gasteiger partial charge in [0, 0.05) is 30.7 Å². The number of hydrogen-bond acceptors (Lipinski definition) is 4. The van der Waals surface area contributed by atoms with Crippen molar-refractivity contribution >= 4 is 0 Å². The first-order valence-electron chi connectivity index (χ1n) is 6.81. The number of nitrogens with one attached hydrogen (secondary N) is 1. The molecule has 0 fully saturated rings. The number of hydrogen-bond donors (Lipinski definition) is 1. The van der Waals surface area contributed by atoms with Crippen molar-refractivity contribution in [2.24, 2.45) is 0 Å². The first-order valence-corrected chi connectivity index (χ1v) is 6.81. The SMILES string of the molecule is CCCNCc1ccnc(-c2ccncc2CC)n1. The van der Waals surface area contributed by atoms with Crippen LogP contribution < -0.4 is 5.32 Å². The summed E-state index contributed by atoms with van der Waals surface area (Å²) in [5, 5.41) is 3.36. The van der Waals surface area contributed by atoms with E-state index in [1.54, 1.807) is 6.20 Å². The number of aromatic nitrogens is 3. The second-order valence-electron chi connectivity index (χ2n) is 4.43. The van der Waals surface area contributed by atoms with Crippen LogP contribution in [-0.2, 0) is 13.0 Å². The van der Waals surface area contributed by atoms with E-state index in [1.807, 2.05) is 24.5 Å². The number of nitrogens with zero attached hydrogens (tertiary/aromatic N) is 3. The molecule has 0 radical (unpaired) electrons. The van der Waals surface area contributed by atoms with E-state index in [9.17, 15) is 0 Å². The van der Waals surface area contributed by atoms with Crippen LogP contribution >= 0.6 is 0 Å². The van der Waals surface area contributed by atoms with E-state index in [2.05, 4.69) is 34.1 Å². The summed E-state index contributed by atoms with van der Waals surface area (Å²) in [5.41, 5.74) is 3.29. The summed E-state index contributed by atoms with van der Waals surface area (Å²) in [7, 11) is 0. The molecule has 100 valence electrons. The quantitative estimate of drug-likeness (QED) is 0.807. The third-order valence-electron chi connectivity index (χ3n) is 2.97. The van der Waals surface area contributed by atoms with E-state index < -0.39 is 0 Å². The summed E-state index contributed by atoms with van der Waals surface area (Å²) >= 11 is 0. The van der Waals surface area contributed by atoms with Gasteiger partial charge in [-0.2, -0.15) is 0 Å². The average molecular weight is 256 g/mol. The molecule has 0 saturated heterocycles. The van der Waals surface area contributed by atoms with E-state index in [4.69, 9.17) is 0 Å². The van der Waals surface area contributed by atoms with E-state index in [0.717, 1.165) is 43.0 Å². The van der Waals surface area contributed by atoms with Crippen molar-refractivity contribution in [1.29, 1.82) is 0 Å². The summed E-state index contributed by atoms with van der Waals surface area (Å²) in [6, 6.07) is 3.94. The van der Waals surface area contributed by atoms with Crippen molar-refractivity contribution in [2.75, 3.05) is 6.54 Å². The second-order valence-corrected chi connectivity index (χ2v) is 4.43. The van der Waals surface area contributed by atoms with Crippen LogP contribution in [0, 0.1) is 0 Å². The Labute approximate surface area is 114 Å². The van der Waals surface area contributed by atoms with Gasteiger partial charge in [0.15, 0.2) is 5.82 Å². The molecule has 2 heterocycles. The van der Waals surface area contributed by atoms with Crippen LogP contribution in [-0.4, -0.2) is 21.5 Å². The Bertz CT molecular complexity index is 525. The largest absolute Gasteiger partial charge is 0.311 e. The predicted octanol–water partition coefficient (Wildman–Crippen LogP) is 2.60. The molecule has 4 nitrogen and oxygen atoms in total. The molecule has 4 heteroatoms. The lowest BCUT2D eigenvalue weighted by molar-refractivity contribution is 0.663. The Morgan fingerprint density at radius 2 is 2.05 bits per heavy atom. The summed E-state index contributed by atoms with van der Waals surface area (Å²) in [6.07, 6.45) is 7.57. The van der Waals surface area contributed by atoms with Crippen molar-refractivity contribution in [3.63, 3.8) is 0 Å². The zero-order valence-corrected chi connectivity index (χ0v) is 11.6. The van der Waals surface area contributed by atoms with Gasteiger partial charge in [-0.05, 0) is 37.1 Å². The van der Waals surface area contributed by atoms with Gasteiger partial charge < -0.3 is 5.32 Å². The minimum Gasteiger partial charge on any atom is -0.311 e. The highest BCUT2D eigenvalue weighted by molar-refractivity contribution is 5.59. The normalized spacial score (nSPS) is 10.6. The molecule has 0 aromatic carbocycles. The second kappa shape index (κ2) is 6.95. The molecule has 2 aromatic heterocycles. The van der Waals surface area contributed by atoms with Gasteiger partial charge in [-0.1, -0.05) is 13.8 Å². The smallest absolute Gasteiger partial charge is 0.159 e. The molecule has 0 bridgehead atoms. The van der Waals surface area contributed by atoms with Crippen LogP contribution in [0.2, 0.25) is 0 Å². The van der Waals surface area contributed by atoms with Crippen molar-refractivity contribution in [2.45, 2.75) is 33.2 Å². The van der Waals surface area contributed by atoms with Crippen molar-refractivity contribution in [1.82, 2.24) is 20.3 Å². The fourth-order valence-corrected chi connectivity index (χ4v) is 1.94. The third kappa shape index (κ3) is 3.58. The van der Waals surface area contributed by atoms with E-state index in [1.165, 1.54) is 5.56 Å². The minimum absolute atomic E-state index is 0.787. The number of aryl methyl sites for hydroxylation is 1.